The number of para-hydroxylation sites is 2. The lowest BCUT2D eigenvalue weighted by molar-refractivity contribution is -0.438. The maximum Gasteiger partial charge on any atom is 0.220 e. The molecule has 222 valence electrons. The van der Waals surface area contributed by atoms with Crippen molar-refractivity contribution in [1.29, 1.82) is 0 Å². The zero-order chi connectivity index (χ0) is 30.4. The van der Waals surface area contributed by atoms with Crippen LogP contribution in [0.2, 0.25) is 5.15 Å². The van der Waals surface area contributed by atoms with Crippen LogP contribution in [0.5, 0.6) is 0 Å². The molecule has 0 unspecified atom stereocenters. The molecule has 0 saturated heterocycles. The Bertz CT molecular complexity index is 1680. The van der Waals surface area contributed by atoms with Crippen LogP contribution in [-0.4, -0.2) is 40.8 Å². The quantitative estimate of drug-likeness (QED) is 0.0893. The summed E-state index contributed by atoms with van der Waals surface area (Å²) >= 11 is 6.70. The lowest BCUT2D eigenvalue weighted by Gasteiger charge is -2.17. The topological polar surface area (TPSA) is 83.0 Å². The summed E-state index contributed by atoms with van der Waals surface area (Å²) in [7, 11) is 0. The van der Waals surface area contributed by atoms with Crippen LogP contribution >= 0.6 is 11.6 Å². The monoisotopic (exact) mass is 594 g/mol. The molecule has 7 heteroatoms. The van der Waals surface area contributed by atoms with E-state index >= 15 is 0 Å². The number of hydrogen-bond acceptors (Lipinski definition) is 4. The zero-order valence-corrected chi connectivity index (χ0v) is 26.0. The first-order valence-electron chi connectivity index (χ1n) is 15.1. The largest absolute Gasteiger partial charge is 0.356 e. The van der Waals surface area contributed by atoms with E-state index in [0.29, 0.717) is 24.7 Å². The van der Waals surface area contributed by atoms with Gasteiger partial charge in [-0.2, -0.15) is 4.58 Å². The van der Waals surface area contributed by atoms with E-state index in [-0.39, 0.29) is 11.3 Å². The predicted molar refractivity (Wildman–Crippen MR) is 180 cm³/mol. The molecule has 6 nitrogen and oxygen atoms in total. The Kier molecular flexibility index (Phi) is 9.59. The zero-order valence-electron chi connectivity index (χ0n) is 25.3. The van der Waals surface area contributed by atoms with Crippen LogP contribution in [0, 0.1) is 6.92 Å². The Morgan fingerprint density at radius 3 is 2.58 bits per heavy atom. The van der Waals surface area contributed by atoms with E-state index in [1.165, 1.54) is 17.0 Å². The number of rotatable bonds is 12. The number of amides is 1. The normalized spacial score (nSPS) is 14.0. The predicted octanol–water partition coefficient (Wildman–Crippen LogP) is 7.67. The fraction of sp³-hybridized carbons (Fsp3) is 0.306. The number of pyridine rings is 1. The van der Waals surface area contributed by atoms with Gasteiger partial charge in [-0.3, -0.25) is 4.79 Å². The first-order valence-corrected chi connectivity index (χ1v) is 15.5. The van der Waals surface area contributed by atoms with Crippen molar-refractivity contribution in [2.24, 2.45) is 5.73 Å². The number of benzene rings is 3. The number of carbonyl (C=O) groups excluding carboxylic acids is 1. The Morgan fingerprint density at radius 2 is 1.79 bits per heavy atom. The summed E-state index contributed by atoms with van der Waals surface area (Å²) in [6, 6.07) is 25.2. The number of nitrogens with two attached hydrogens (primary N) is 1. The number of anilines is 2. The van der Waals surface area contributed by atoms with Crippen molar-refractivity contribution in [3.63, 3.8) is 0 Å². The number of nitrogens with one attached hydrogen (secondary N) is 2. The molecule has 3 aromatic carbocycles. The standard InChI is InChI=1S/C36H40ClN5O/c1-25-11-10-12-26-23-27(35(37)41-34(25)26)16-19-32-36(2,3)30-24-29(40-28-13-6-4-7-14-28)17-18-31(30)42(32)22-9-5-8-15-33(43)39-21-20-38/h4,6-7,10-14,16-19,23-24,40H,5,8-9,15,20-22,38H2,1-3H3/p+1. The molecule has 0 aliphatic carbocycles. The molecule has 4 N–H and O–H groups in total. The third kappa shape index (κ3) is 6.98. The van der Waals surface area contributed by atoms with Gasteiger partial charge in [0.25, 0.3) is 0 Å². The molecule has 0 spiro atoms. The van der Waals surface area contributed by atoms with Crippen molar-refractivity contribution < 1.29 is 9.37 Å². The molecular weight excluding hydrogens is 554 g/mol. The number of aryl methyl sites for hydroxylation is 1. The number of hydrogen-bond donors (Lipinski definition) is 3. The Balaban J connectivity index is 1.43. The van der Waals surface area contributed by atoms with Gasteiger partial charge in [-0.25, -0.2) is 4.98 Å². The number of allylic oxidation sites excluding steroid dienone is 1. The number of carbonyl (C=O) groups is 1. The molecule has 0 saturated carbocycles. The smallest absolute Gasteiger partial charge is 0.220 e. The fourth-order valence-electron chi connectivity index (χ4n) is 5.84. The number of fused-ring (bicyclic) bond motifs is 2. The summed E-state index contributed by atoms with van der Waals surface area (Å²) < 4.78 is 2.43. The summed E-state index contributed by atoms with van der Waals surface area (Å²) in [4.78, 5) is 16.7. The summed E-state index contributed by atoms with van der Waals surface area (Å²) in [5.74, 6) is 0.0720. The van der Waals surface area contributed by atoms with Crippen LogP contribution in [0.25, 0.3) is 17.0 Å². The van der Waals surface area contributed by atoms with Gasteiger partial charge < -0.3 is 16.4 Å². The van der Waals surface area contributed by atoms with Gasteiger partial charge in [0.05, 0.1) is 10.9 Å². The van der Waals surface area contributed by atoms with Gasteiger partial charge in [-0.1, -0.05) is 48.0 Å². The SMILES string of the molecule is Cc1cccc2cc(/C=C/C3=[N+](CCCCCC(=O)NCCN)c4ccc(Nc5ccccc5)cc4C3(C)C)c(Cl)nc12. The van der Waals surface area contributed by atoms with Crippen molar-refractivity contribution in [2.75, 3.05) is 25.0 Å². The van der Waals surface area contributed by atoms with E-state index in [1.54, 1.807) is 0 Å². The number of unbranched alkanes of at least 4 members (excludes halogenated alkanes) is 2. The van der Waals surface area contributed by atoms with Crippen molar-refractivity contribution in [3.8, 4) is 0 Å². The lowest BCUT2D eigenvalue weighted by Crippen LogP contribution is -2.28. The highest BCUT2D eigenvalue weighted by Gasteiger charge is 2.44. The molecule has 43 heavy (non-hydrogen) atoms. The molecular formula is C36H41ClN5O+. The van der Waals surface area contributed by atoms with Crippen LogP contribution in [0.3, 0.4) is 0 Å². The van der Waals surface area contributed by atoms with Gasteiger partial charge in [0, 0.05) is 66.0 Å². The van der Waals surface area contributed by atoms with Gasteiger partial charge in [0.2, 0.25) is 11.6 Å². The first-order chi connectivity index (χ1) is 20.8. The fourth-order valence-corrected chi connectivity index (χ4v) is 6.04. The summed E-state index contributed by atoms with van der Waals surface area (Å²) in [5.41, 5.74) is 14.0. The van der Waals surface area contributed by atoms with Crippen LogP contribution in [0.4, 0.5) is 17.1 Å². The van der Waals surface area contributed by atoms with E-state index in [2.05, 4.69) is 103 Å². The average molecular weight is 595 g/mol. The average Bonchev–Trinajstić information content (AvgIpc) is 3.20. The molecule has 0 radical (unpaired) electrons. The molecule has 0 fully saturated rings. The number of aromatic nitrogens is 1. The van der Waals surface area contributed by atoms with Crippen molar-refractivity contribution in [1.82, 2.24) is 10.3 Å². The summed E-state index contributed by atoms with van der Waals surface area (Å²) in [5, 5.41) is 7.99. The molecule has 4 aromatic rings. The second kappa shape index (κ2) is 13.5. The summed E-state index contributed by atoms with van der Waals surface area (Å²) in [6.45, 7) is 8.47. The first kappa shape index (κ1) is 30.5. The Labute approximate surface area is 259 Å². The maximum absolute atomic E-state index is 12.0. The highest BCUT2D eigenvalue weighted by molar-refractivity contribution is 6.31. The van der Waals surface area contributed by atoms with Crippen LogP contribution in [-0.2, 0) is 10.2 Å². The minimum atomic E-state index is -0.240. The minimum absolute atomic E-state index is 0.0720. The van der Waals surface area contributed by atoms with E-state index in [0.717, 1.165) is 59.2 Å². The lowest BCUT2D eigenvalue weighted by atomic mass is 9.81. The molecule has 0 bridgehead atoms. The molecule has 1 aromatic heterocycles. The molecule has 0 atom stereocenters. The second-order valence-electron chi connectivity index (χ2n) is 11.7. The maximum atomic E-state index is 12.0. The van der Waals surface area contributed by atoms with Crippen molar-refractivity contribution in [3.05, 3.63) is 101 Å². The van der Waals surface area contributed by atoms with Crippen LogP contribution in [0.1, 0.15) is 56.2 Å². The second-order valence-corrected chi connectivity index (χ2v) is 12.0. The van der Waals surface area contributed by atoms with E-state index in [4.69, 9.17) is 22.3 Å². The van der Waals surface area contributed by atoms with Crippen molar-refractivity contribution in [2.45, 2.75) is 51.9 Å². The Morgan fingerprint density at radius 1 is 0.977 bits per heavy atom. The van der Waals surface area contributed by atoms with E-state index in [1.807, 2.05) is 18.2 Å². The minimum Gasteiger partial charge on any atom is -0.356 e. The van der Waals surface area contributed by atoms with Gasteiger partial charge in [-0.05, 0) is 75.6 Å². The van der Waals surface area contributed by atoms with Gasteiger partial charge in [0.15, 0.2) is 5.71 Å². The number of halogens is 1. The molecule has 1 amide bonds. The molecule has 1 aliphatic heterocycles. The van der Waals surface area contributed by atoms with Crippen molar-refractivity contribution >= 4 is 57.3 Å². The van der Waals surface area contributed by atoms with E-state index < -0.39 is 0 Å². The van der Waals surface area contributed by atoms with Gasteiger partial charge in [-0.15, -0.1) is 0 Å². The third-order valence-electron chi connectivity index (χ3n) is 8.16. The molecule has 1 aliphatic rings. The highest BCUT2D eigenvalue weighted by Crippen LogP contribution is 2.42. The van der Waals surface area contributed by atoms with Gasteiger partial charge >= 0.3 is 0 Å². The molecule has 2 heterocycles. The summed E-state index contributed by atoms with van der Waals surface area (Å²) in [6.07, 6.45) is 7.61. The molecule has 5 rings (SSSR count). The Hall–Kier alpha value is -4.00. The highest BCUT2D eigenvalue weighted by atomic mass is 35.5. The van der Waals surface area contributed by atoms with Crippen LogP contribution < -0.4 is 16.4 Å². The number of nitrogens with zero attached hydrogens (tertiary/aromatic N) is 2. The van der Waals surface area contributed by atoms with E-state index in [9.17, 15) is 4.79 Å². The third-order valence-corrected chi connectivity index (χ3v) is 8.46. The van der Waals surface area contributed by atoms with Crippen LogP contribution in [0.15, 0.2) is 78.9 Å². The van der Waals surface area contributed by atoms with Gasteiger partial charge in [0.1, 0.15) is 11.7 Å².